The molecule has 1 N–H and O–H groups in total. The summed E-state index contributed by atoms with van der Waals surface area (Å²) in [6.07, 6.45) is 1.26. The van der Waals surface area contributed by atoms with Crippen molar-refractivity contribution in [1.82, 2.24) is 5.32 Å². The molecule has 1 atom stereocenters. The van der Waals surface area contributed by atoms with Gasteiger partial charge < -0.3 is 19.7 Å². The van der Waals surface area contributed by atoms with Gasteiger partial charge in [0.25, 0.3) is 0 Å². The zero-order valence-corrected chi connectivity index (χ0v) is 10.1. The molecule has 92 valence electrons. The van der Waals surface area contributed by atoms with Crippen LogP contribution in [-0.2, 0) is 0 Å². The van der Waals surface area contributed by atoms with Crippen LogP contribution in [0.25, 0.3) is 0 Å². The van der Waals surface area contributed by atoms with Crippen molar-refractivity contribution in [2.45, 2.75) is 6.42 Å². The van der Waals surface area contributed by atoms with Gasteiger partial charge in [0.2, 0.25) is 6.79 Å². The van der Waals surface area contributed by atoms with Gasteiger partial charge in [0, 0.05) is 24.8 Å². The Labute approximate surface area is 102 Å². The van der Waals surface area contributed by atoms with E-state index in [9.17, 15) is 0 Å². The van der Waals surface area contributed by atoms with E-state index in [2.05, 4.69) is 22.3 Å². The maximum atomic E-state index is 5.41. The van der Waals surface area contributed by atoms with Gasteiger partial charge >= 0.3 is 0 Å². The lowest BCUT2D eigenvalue weighted by Gasteiger charge is -2.19. The average molecular weight is 234 g/mol. The molecule has 0 bridgehead atoms. The highest BCUT2D eigenvalue weighted by Crippen LogP contribution is 2.36. The Hall–Kier alpha value is -1.42. The van der Waals surface area contributed by atoms with E-state index in [4.69, 9.17) is 9.47 Å². The second-order valence-corrected chi connectivity index (χ2v) is 4.70. The van der Waals surface area contributed by atoms with E-state index in [1.54, 1.807) is 0 Å². The third-order valence-electron chi connectivity index (χ3n) is 3.50. The zero-order chi connectivity index (χ0) is 11.7. The van der Waals surface area contributed by atoms with Crippen LogP contribution in [0.4, 0.5) is 5.69 Å². The van der Waals surface area contributed by atoms with Gasteiger partial charge in [-0.05, 0) is 38.1 Å². The standard InChI is InChI=1S/C13H18N2O2/c1-14-7-10-4-5-15(8-10)11-2-3-12-13(6-11)17-9-16-12/h2-3,6,10,14H,4-5,7-9H2,1H3. The molecule has 4 heteroatoms. The van der Waals surface area contributed by atoms with Crippen molar-refractivity contribution >= 4 is 5.69 Å². The Bertz CT molecular complexity index is 408. The van der Waals surface area contributed by atoms with Crippen LogP contribution in [-0.4, -0.2) is 33.5 Å². The van der Waals surface area contributed by atoms with Crippen molar-refractivity contribution < 1.29 is 9.47 Å². The van der Waals surface area contributed by atoms with Gasteiger partial charge in [-0.15, -0.1) is 0 Å². The fraction of sp³-hybridized carbons (Fsp3) is 0.538. The molecule has 1 unspecified atom stereocenters. The van der Waals surface area contributed by atoms with Crippen molar-refractivity contribution in [3.05, 3.63) is 18.2 Å². The van der Waals surface area contributed by atoms with Crippen LogP contribution in [0.3, 0.4) is 0 Å². The molecule has 1 fully saturated rings. The molecule has 4 nitrogen and oxygen atoms in total. The molecule has 0 spiro atoms. The smallest absolute Gasteiger partial charge is 0.231 e. The summed E-state index contributed by atoms with van der Waals surface area (Å²) in [6.45, 7) is 3.70. The summed E-state index contributed by atoms with van der Waals surface area (Å²) in [5.41, 5.74) is 1.24. The molecule has 2 aliphatic heterocycles. The molecule has 1 saturated heterocycles. The molecule has 0 aliphatic carbocycles. The second kappa shape index (κ2) is 4.45. The predicted molar refractivity (Wildman–Crippen MR) is 66.8 cm³/mol. The number of rotatable bonds is 3. The van der Waals surface area contributed by atoms with Crippen LogP contribution in [0.15, 0.2) is 18.2 Å². The summed E-state index contributed by atoms with van der Waals surface area (Å²) in [5, 5.41) is 3.25. The second-order valence-electron chi connectivity index (χ2n) is 4.70. The Balaban J connectivity index is 1.73. The average Bonchev–Trinajstić information content (AvgIpc) is 2.96. The van der Waals surface area contributed by atoms with Gasteiger partial charge in [-0.25, -0.2) is 0 Å². The van der Waals surface area contributed by atoms with E-state index in [1.165, 1.54) is 12.1 Å². The number of ether oxygens (including phenoxy) is 2. The van der Waals surface area contributed by atoms with E-state index in [0.717, 1.165) is 37.1 Å². The van der Waals surface area contributed by atoms with Gasteiger partial charge in [-0.3, -0.25) is 0 Å². The first-order valence-corrected chi connectivity index (χ1v) is 6.16. The summed E-state index contributed by atoms with van der Waals surface area (Å²) in [4.78, 5) is 2.42. The molecule has 1 aromatic rings. The first-order valence-electron chi connectivity index (χ1n) is 6.16. The number of hydrogen-bond donors (Lipinski definition) is 1. The summed E-state index contributed by atoms with van der Waals surface area (Å²) in [6, 6.07) is 6.21. The molecule has 17 heavy (non-hydrogen) atoms. The lowest BCUT2D eigenvalue weighted by Crippen LogP contribution is -2.24. The van der Waals surface area contributed by atoms with Gasteiger partial charge in [0.05, 0.1) is 0 Å². The van der Waals surface area contributed by atoms with Gasteiger partial charge in [-0.1, -0.05) is 0 Å². The quantitative estimate of drug-likeness (QED) is 0.858. The monoisotopic (exact) mass is 234 g/mol. The van der Waals surface area contributed by atoms with Crippen LogP contribution < -0.4 is 19.7 Å². The zero-order valence-electron chi connectivity index (χ0n) is 10.1. The number of anilines is 1. The van der Waals surface area contributed by atoms with Crippen LogP contribution in [0.1, 0.15) is 6.42 Å². The fourth-order valence-electron chi connectivity index (χ4n) is 2.60. The summed E-state index contributed by atoms with van der Waals surface area (Å²) in [5.74, 6) is 2.49. The van der Waals surface area contributed by atoms with E-state index in [0.29, 0.717) is 6.79 Å². The van der Waals surface area contributed by atoms with Crippen molar-refractivity contribution in [3.63, 3.8) is 0 Å². The van der Waals surface area contributed by atoms with Gasteiger partial charge in [0.15, 0.2) is 11.5 Å². The van der Waals surface area contributed by atoms with E-state index < -0.39 is 0 Å². The third-order valence-corrected chi connectivity index (χ3v) is 3.50. The minimum Gasteiger partial charge on any atom is -0.454 e. The number of benzene rings is 1. The molecule has 2 aliphatic rings. The van der Waals surface area contributed by atoms with E-state index in [1.807, 2.05) is 13.1 Å². The minimum absolute atomic E-state index is 0.348. The van der Waals surface area contributed by atoms with Crippen LogP contribution in [0.2, 0.25) is 0 Å². The first-order chi connectivity index (χ1) is 8.36. The normalized spacial score (nSPS) is 22.2. The topological polar surface area (TPSA) is 33.7 Å². The summed E-state index contributed by atoms with van der Waals surface area (Å²) in [7, 11) is 2.02. The first kappa shape index (κ1) is 10.7. The number of hydrogen-bond acceptors (Lipinski definition) is 4. The van der Waals surface area contributed by atoms with E-state index in [-0.39, 0.29) is 0 Å². The Morgan fingerprint density at radius 1 is 1.35 bits per heavy atom. The third kappa shape index (κ3) is 2.05. The Kier molecular flexibility index (Phi) is 2.81. The highest BCUT2D eigenvalue weighted by molar-refractivity contribution is 5.57. The summed E-state index contributed by atoms with van der Waals surface area (Å²) < 4.78 is 10.7. The molecule has 0 aromatic heterocycles. The molecular weight excluding hydrogens is 216 g/mol. The van der Waals surface area contributed by atoms with E-state index >= 15 is 0 Å². The lowest BCUT2D eigenvalue weighted by molar-refractivity contribution is 0.174. The molecule has 0 saturated carbocycles. The van der Waals surface area contributed by atoms with Crippen molar-refractivity contribution in [2.75, 3.05) is 38.4 Å². The molecule has 1 aromatic carbocycles. The molecular formula is C13H18N2O2. The number of nitrogens with one attached hydrogen (secondary N) is 1. The van der Waals surface area contributed by atoms with Crippen LogP contribution >= 0.6 is 0 Å². The van der Waals surface area contributed by atoms with Crippen LogP contribution in [0, 0.1) is 5.92 Å². The highest BCUT2D eigenvalue weighted by atomic mass is 16.7. The van der Waals surface area contributed by atoms with Crippen molar-refractivity contribution in [1.29, 1.82) is 0 Å². The molecule has 2 heterocycles. The van der Waals surface area contributed by atoms with Gasteiger partial charge in [0.1, 0.15) is 0 Å². The van der Waals surface area contributed by atoms with Crippen LogP contribution in [0.5, 0.6) is 11.5 Å². The van der Waals surface area contributed by atoms with Crippen molar-refractivity contribution in [2.24, 2.45) is 5.92 Å². The Morgan fingerprint density at radius 3 is 3.12 bits per heavy atom. The largest absolute Gasteiger partial charge is 0.454 e. The maximum Gasteiger partial charge on any atom is 0.231 e. The Morgan fingerprint density at radius 2 is 2.24 bits per heavy atom. The molecule has 3 rings (SSSR count). The fourth-order valence-corrected chi connectivity index (χ4v) is 2.60. The van der Waals surface area contributed by atoms with Crippen molar-refractivity contribution in [3.8, 4) is 11.5 Å². The molecule has 0 amide bonds. The number of nitrogens with zero attached hydrogens (tertiary/aromatic N) is 1. The van der Waals surface area contributed by atoms with Gasteiger partial charge in [-0.2, -0.15) is 0 Å². The summed E-state index contributed by atoms with van der Waals surface area (Å²) >= 11 is 0. The lowest BCUT2D eigenvalue weighted by atomic mass is 10.1. The SMILES string of the molecule is CNCC1CCN(c2ccc3c(c2)OCO3)C1. The molecule has 0 radical (unpaired) electrons. The minimum atomic E-state index is 0.348. The predicted octanol–water partition coefficient (Wildman–Crippen LogP) is 1.46. The number of fused-ring (bicyclic) bond motifs is 1. The maximum absolute atomic E-state index is 5.41. The highest BCUT2D eigenvalue weighted by Gasteiger charge is 2.23.